The average Bonchev–Trinajstić information content (AvgIpc) is 3.21. The normalized spacial score (nSPS) is 26.0. The summed E-state index contributed by atoms with van der Waals surface area (Å²) in [5, 5.41) is 21.2. The molecule has 2 aromatic carbocycles. The molecule has 6 nitrogen and oxygen atoms in total. The van der Waals surface area contributed by atoms with Crippen LogP contribution in [0.1, 0.15) is 44.6 Å². The van der Waals surface area contributed by atoms with E-state index >= 15 is 0 Å². The first-order valence-electron chi connectivity index (χ1n) is 13.1. The van der Waals surface area contributed by atoms with Gasteiger partial charge in [-0.2, -0.15) is 0 Å². The zero-order chi connectivity index (χ0) is 24.6. The summed E-state index contributed by atoms with van der Waals surface area (Å²) < 4.78 is 12.0. The Bertz CT molecular complexity index is 912. The molecule has 1 aliphatic carbocycles. The molecule has 2 aliphatic rings. The van der Waals surface area contributed by atoms with Gasteiger partial charge in [-0.3, -0.25) is 9.69 Å². The highest BCUT2D eigenvalue weighted by Gasteiger charge is 2.50. The second-order valence-electron chi connectivity index (χ2n) is 9.88. The molecule has 2 aromatic rings. The quantitative estimate of drug-likeness (QED) is 0.457. The van der Waals surface area contributed by atoms with Crippen molar-refractivity contribution in [3.63, 3.8) is 0 Å². The Morgan fingerprint density at radius 2 is 1.74 bits per heavy atom. The van der Waals surface area contributed by atoms with Crippen LogP contribution in [-0.4, -0.2) is 65.6 Å². The number of ether oxygens (including phenoxy) is 2. The van der Waals surface area contributed by atoms with E-state index in [0.717, 1.165) is 43.5 Å². The Kier molecular flexibility index (Phi) is 9.32. The molecule has 1 aliphatic heterocycles. The van der Waals surface area contributed by atoms with Crippen molar-refractivity contribution in [1.82, 2.24) is 4.90 Å². The van der Waals surface area contributed by atoms with E-state index in [0.29, 0.717) is 32.7 Å². The predicted octanol–water partition coefficient (Wildman–Crippen LogP) is 4.60. The van der Waals surface area contributed by atoms with Gasteiger partial charge < -0.3 is 19.7 Å². The van der Waals surface area contributed by atoms with Crippen LogP contribution in [0.15, 0.2) is 54.6 Å². The van der Waals surface area contributed by atoms with E-state index in [4.69, 9.17) is 9.47 Å². The Hall–Kier alpha value is -2.25. The number of carbonyl (C=O) groups is 1. The predicted molar refractivity (Wildman–Crippen MR) is 136 cm³/mol. The Morgan fingerprint density at radius 1 is 1.06 bits per heavy atom. The van der Waals surface area contributed by atoms with Crippen molar-refractivity contribution in [3.8, 4) is 11.1 Å². The van der Waals surface area contributed by atoms with Gasteiger partial charge >= 0.3 is 5.97 Å². The van der Waals surface area contributed by atoms with Gasteiger partial charge in [0.25, 0.3) is 0 Å². The zero-order valence-corrected chi connectivity index (χ0v) is 20.7. The monoisotopic (exact) mass is 481 g/mol. The minimum absolute atomic E-state index is 0.208. The summed E-state index contributed by atoms with van der Waals surface area (Å²) in [5.41, 5.74) is 3.36. The fourth-order valence-corrected chi connectivity index (χ4v) is 5.72. The van der Waals surface area contributed by atoms with Crippen LogP contribution >= 0.6 is 0 Å². The molecule has 4 rings (SSSR count). The van der Waals surface area contributed by atoms with Gasteiger partial charge in [-0.1, -0.05) is 80.8 Å². The van der Waals surface area contributed by atoms with Gasteiger partial charge in [0.1, 0.15) is 0 Å². The highest BCUT2D eigenvalue weighted by Crippen LogP contribution is 2.40. The van der Waals surface area contributed by atoms with Gasteiger partial charge in [0.05, 0.1) is 44.0 Å². The molecule has 1 heterocycles. The van der Waals surface area contributed by atoms with Crippen LogP contribution in [0.25, 0.3) is 11.1 Å². The third-order valence-corrected chi connectivity index (χ3v) is 7.59. The maximum atomic E-state index is 12.3. The van der Waals surface area contributed by atoms with Crippen molar-refractivity contribution >= 4 is 5.97 Å². The molecule has 5 atom stereocenters. The molecule has 0 bridgehead atoms. The van der Waals surface area contributed by atoms with E-state index in [9.17, 15) is 15.0 Å². The molecule has 2 N–H and O–H groups in total. The molecule has 0 spiro atoms. The zero-order valence-electron chi connectivity index (χ0n) is 20.7. The number of benzene rings is 2. The average molecular weight is 482 g/mol. The molecule has 6 heteroatoms. The first kappa shape index (κ1) is 25.8. The number of unbranched alkanes of at least 4 members (excludes halogenated alkanes) is 2. The van der Waals surface area contributed by atoms with E-state index < -0.39 is 18.0 Å². The molecule has 1 unspecified atom stereocenters. The van der Waals surface area contributed by atoms with Gasteiger partial charge in [-0.15, -0.1) is 0 Å². The van der Waals surface area contributed by atoms with Crippen LogP contribution in [0.2, 0.25) is 0 Å². The number of hydrogen-bond acceptors (Lipinski definition) is 5. The largest absolute Gasteiger partial charge is 0.481 e. The Balaban J connectivity index is 1.51. The molecule has 0 aromatic heterocycles. The van der Waals surface area contributed by atoms with E-state index in [1.165, 1.54) is 5.56 Å². The number of hydrogen-bond donors (Lipinski definition) is 2. The summed E-state index contributed by atoms with van der Waals surface area (Å²) in [6, 6.07) is 18.4. The van der Waals surface area contributed by atoms with E-state index in [-0.39, 0.29) is 18.1 Å². The maximum absolute atomic E-state index is 12.3. The maximum Gasteiger partial charge on any atom is 0.306 e. The van der Waals surface area contributed by atoms with Crippen LogP contribution in [-0.2, 0) is 20.9 Å². The van der Waals surface area contributed by atoms with Crippen LogP contribution in [0.5, 0.6) is 0 Å². The standard InChI is InChI=1S/C29H39NO5/c1-2-3-5-10-24(29(32)33)25-19-26(31)27(30-15-17-34-18-16-30)28(25)35-20-21-11-13-23(14-12-21)22-8-6-4-7-9-22/h4,6-9,11-14,24-28,31H,2-3,5,10,15-20H2,1H3,(H,32,33)/t24?,25-,26-,27+,28+/m0/s1. The molecule has 2 fully saturated rings. The van der Waals surface area contributed by atoms with Crippen molar-refractivity contribution in [1.29, 1.82) is 0 Å². The first-order chi connectivity index (χ1) is 17.1. The first-order valence-corrected chi connectivity index (χ1v) is 13.1. The fraction of sp³-hybridized carbons (Fsp3) is 0.552. The molecule has 190 valence electrons. The smallest absolute Gasteiger partial charge is 0.306 e. The molecular weight excluding hydrogens is 442 g/mol. The molecule has 0 amide bonds. The summed E-state index contributed by atoms with van der Waals surface area (Å²) >= 11 is 0. The summed E-state index contributed by atoms with van der Waals surface area (Å²) in [6.07, 6.45) is 3.11. The number of aliphatic carboxylic acids is 1. The van der Waals surface area contributed by atoms with Gasteiger partial charge in [0.15, 0.2) is 0 Å². The third kappa shape index (κ3) is 6.50. The summed E-state index contributed by atoms with van der Waals surface area (Å²) in [6.45, 7) is 5.23. The van der Waals surface area contributed by atoms with Crippen LogP contribution < -0.4 is 0 Å². The second kappa shape index (κ2) is 12.6. The van der Waals surface area contributed by atoms with Crippen molar-refractivity contribution in [2.45, 2.75) is 63.9 Å². The molecule has 1 saturated heterocycles. The summed E-state index contributed by atoms with van der Waals surface area (Å²) in [5.74, 6) is -1.50. The number of aliphatic hydroxyl groups is 1. The minimum atomic E-state index is -0.776. The van der Waals surface area contributed by atoms with Crippen molar-refractivity contribution < 1.29 is 24.5 Å². The lowest BCUT2D eigenvalue weighted by atomic mass is 9.84. The van der Waals surface area contributed by atoms with Crippen molar-refractivity contribution in [2.24, 2.45) is 11.8 Å². The lowest BCUT2D eigenvalue weighted by molar-refractivity contribution is -0.147. The lowest BCUT2D eigenvalue weighted by Crippen LogP contribution is -2.53. The summed E-state index contributed by atoms with van der Waals surface area (Å²) in [7, 11) is 0. The third-order valence-electron chi connectivity index (χ3n) is 7.59. The highest BCUT2D eigenvalue weighted by molar-refractivity contribution is 5.70. The van der Waals surface area contributed by atoms with Gasteiger partial charge in [0.2, 0.25) is 0 Å². The number of carboxylic acids is 1. The Morgan fingerprint density at radius 3 is 2.40 bits per heavy atom. The van der Waals surface area contributed by atoms with Crippen molar-refractivity contribution in [2.75, 3.05) is 26.3 Å². The van der Waals surface area contributed by atoms with Crippen LogP contribution in [0, 0.1) is 11.8 Å². The van der Waals surface area contributed by atoms with Gasteiger partial charge in [-0.25, -0.2) is 0 Å². The van der Waals surface area contributed by atoms with Crippen LogP contribution in [0.4, 0.5) is 0 Å². The molecule has 1 saturated carbocycles. The number of morpholine rings is 1. The molecule has 35 heavy (non-hydrogen) atoms. The minimum Gasteiger partial charge on any atom is -0.481 e. The van der Waals surface area contributed by atoms with E-state index in [1.807, 2.05) is 18.2 Å². The molecule has 0 radical (unpaired) electrons. The SMILES string of the molecule is CCCCCC(C(=O)O)[C@@H]1C[C@H](O)[C@@H](N2CCOCC2)[C@@H]1OCc1ccc(-c2ccccc2)cc1. The highest BCUT2D eigenvalue weighted by atomic mass is 16.5. The number of nitrogens with zero attached hydrogens (tertiary/aromatic N) is 1. The van der Waals surface area contributed by atoms with Crippen LogP contribution in [0.3, 0.4) is 0 Å². The number of carboxylic acid groups (broad SMARTS) is 1. The molecular formula is C29H39NO5. The topological polar surface area (TPSA) is 79.2 Å². The van der Waals surface area contributed by atoms with E-state index in [2.05, 4.69) is 48.2 Å². The number of rotatable bonds is 11. The van der Waals surface area contributed by atoms with Gasteiger partial charge in [0, 0.05) is 19.0 Å². The van der Waals surface area contributed by atoms with Gasteiger partial charge in [-0.05, 0) is 29.5 Å². The van der Waals surface area contributed by atoms with E-state index in [1.54, 1.807) is 0 Å². The second-order valence-corrected chi connectivity index (χ2v) is 9.88. The summed E-state index contributed by atoms with van der Waals surface area (Å²) in [4.78, 5) is 14.5. The lowest BCUT2D eigenvalue weighted by Gasteiger charge is -2.38. The number of aliphatic hydroxyl groups excluding tert-OH is 1. The fourth-order valence-electron chi connectivity index (χ4n) is 5.72. The Labute approximate surface area is 208 Å². The van der Waals surface area contributed by atoms with Crippen molar-refractivity contribution in [3.05, 3.63) is 60.2 Å².